The van der Waals surface area contributed by atoms with Crippen LogP contribution in [0.2, 0.25) is 5.15 Å². The summed E-state index contributed by atoms with van der Waals surface area (Å²) in [5.41, 5.74) is 1.10. The number of hydrogen-bond donors (Lipinski definition) is 2. The third-order valence-electron chi connectivity index (χ3n) is 3.87. The van der Waals surface area contributed by atoms with Crippen molar-refractivity contribution in [1.82, 2.24) is 10.3 Å². The highest BCUT2D eigenvalue weighted by Crippen LogP contribution is 2.24. The highest BCUT2D eigenvalue weighted by molar-refractivity contribution is 6.29. The summed E-state index contributed by atoms with van der Waals surface area (Å²) in [5, 5.41) is 13.2. The van der Waals surface area contributed by atoms with E-state index in [1.165, 1.54) is 0 Å². The van der Waals surface area contributed by atoms with Gasteiger partial charge in [0.1, 0.15) is 5.15 Å². The molecule has 0 bridgehead atoms. The van der Waals surface area contributed by atoms with E-state index in [9.17, 15) is 9.90 Å². The monoisotopic (exact) mass is 310 g/mol. The van der Waals surface area contributed by atoms with E-state index in [2.05, 4.69) is 10.3 Å². The van der Waals surface area contributed by atoms with Crippen LogP contribution in [0.1, 0.15) is 62.5 Å². The maximum Gasteiger partial charge on any atom is 0.251 e. The Bertz CT molecular complexity index is 525. The summed E-state index contributed by atoms with van der Waals surface area (Å²) >= 11 is 6.03. The minimum Gasteiger partial charge on any atom is -0.391 e. The highest BCUT2D eigenvalue weighted by Gasteiger charge is 2.26. The molecular formula is C16H23ClN2O2. The maximum atomic E-state index is 12.4. The van der Waals surface area contributed by atoms with Crippen LogP contribution in [-0.2, 0) is 5.41 Å². The molecule has 1 amide bonds. The molecule has 0 saturated heterocycles. The van der Waals surface area contributed by atoms with Crippen LogP contribution >= 0.6 is 11.6 Å². The first-order valence-corrected chi connectivity index (χ1v) is 7.82. The molecule has 2 atom stereocenters. The van der Waals surface area contributed by atoms with Gasteiger partial charge in [-0.15, -0.1) is 0 Å². The molecule has 1 aromatic heterocycles. The van der Waals surface area contributed by atoms with E-state index in [1.807, 2.05) is 20.8 Å². The Morgan fingerprint density at radius 2 is 2.00 bits per heavy atom. The lowest BCUT2D eigenvalue weighted by Gasteiger charge is -2.28. The van der Waals surface area contributed by atoms with Crippen LogP contribution in [-0.4, -0.2) is 28.1 Å². The Morgan fingerprint density at radius 1 is 1.33 bits per heavy atom. The highest BCUT2D eigenvalue weighted by atomic mass is 35.5. The molecule has 1 saturated carbocycles. The molecule has 1 heterocycles. The topological polar surface area (TPSA) is 62.2 Å². The lowest BCUT2D eigenvalue weighted by atomic mass is 9.90. The van der Waals surface area contributed by atoms with Crippen LogP contribution in [0.4, 0.5) is 0 Å². The molecule has 1 aliphatic rings. The number of aliphatic hydroxyl groups excluding tert-OH is 1. The second-order valence-electron chi connectivity index (χ2n) is 6.75. The van der Waals surface area contributed by atoms with Gasteiger partial charge in [-0.1, -0.05) is 45.2 Å². The van der Waals surface area contributed by atoms with Gasteiger partial charge in [-0.3, -0.25) is 4.79 Å². The first kappa shape index (κ1) is 16.2. The van der Waals surface area contributed by atoms with Crippen LogP contribution in [0.5, 0.6) is 0 Å². The van der Waals surface area contributed by atoms with E-state index in [4.69, 9.17) is 11.6 Å². The molecule has 0 aliphatic heterocycles. The molecular weight excluding hydrogens is 288 g/mol. The first-order chi connectivity index (χ1) is 9.77. The summed E-state index contributed by atoms with van der Waals surface area (Å²) in [7, 11) is 0. The van der Waals surface area contributed by atoms with E-state index >= 15 is 0 Å². The number of rotatable bonds is 2. The van der Waals surface area contributed by atoms with Crippen molar-refractivity contribution in [2.75, 3.05) is 0 Å². The average molecular weight is 311 g/mol. The molecule has 5 heteroatoms. The summed E-state index contributed by atoms with van der Waals surface area (Å²) in [6, 6.07) is 3.17. The van der Waals surface area contributed by atoms with Gasteiger partial charge in [0.2, 0.25) is 0 Å². The van der Waals surface area contributed by atoms with Gasteiger partial charge in [-0.05, 0) is 25.0 Å². The SMILES string of the molecule is CC(C)(C)c1cc(C(=O)NC2CCCCC2O)cc(Cl)n1. The molecule has 1 aliphatic carbocycles. The summed E-state index contributed by atoms with van der Waals surface area (Å²) in [5.74, 6) is -0.198. The van der Waals surface area contributed by atoms with E-state index in [1.54, 1.807) is 12.1 Å². The fourth-order valence-corrected chi connectivity index (χ4v) is 2.75. The smallest absolute Gasteiger partial charge is 0.251 e. The van der Waals surface area contributed by atoms with Crippen molar-refractivity contribution in [3.8, 4) is 0 Å². The molecule has 0 spiro atoms. The number of carbonyl (C=O) groups excluding carboxylic acids is 1. The molecule has 2 rings (SSSR count). The molecule has 4 nitrogen and oxygen atoms in total. The Labute approximate surface area is 130 Å². The third-order valence-corrected chi connectivity index (χ3v) is 4.06. The van der Waals surface area contributed by atoms with Gasteiger partial charge in [0, 0.05) is 16.7 Å². The number of nitrogens with one attached hydrogen (secondary N) is 1. The van der Waals surface area contributed by atoms with Crippen LogP contribution < -0.4 is 5.32 Å². The van der Waals surface area contributed by atoms with Crippen molar-refractivity contribution in [2.45, 2.75) is 64.0 Å². The van der Waals surface area contributed by atoms with Crippen molar-refractivity contribution in [3.05, 3.63) is 28.5 Å². The molecule has 1 aromatic rings. The number of aliphatic hydroxyl groups is 1. The predicted molar refractivity (Wildman–Crippen MR) is 83.7 cm³/mol. The number of pyridine rings is 1. The number of hydrogen-bond acceptors (Lipinski definition) is 3. The molecule has 2 unspecified atom stereocenters. The van der Waals surface area contributed by atoms with Gasteiger partial charge in [0.25, 0.3) is 5.91 Å². The largest absolute Gasteiger partial charge is 0.391 e. The second-order valence-corrected chi connectivity index (χ2v) is 7.13. The van der Waals surface area contributed by atoms with E-state index in [0.717, 1.165) is 31.4 Å². The van der Waals surface area contributed by atoms with Gasteiger partial charge < -0.3 is 10.4 Å². The molecule has 0 aromatic carbocycles. The van der Waals surface area contributed by atoms with Crippen LogP contribution in [0.25, 0.3) is 0 Å². The van der Waals surface area contributed by atoms with Gasteiger partial charge >= 0.3 is 0 Å². The lowest BCUT2D eigenvalue weighted by molar-refractivity contribution is 0.0717. The first-order valence-electron chi connectivity index (χ1n) is 7.44. The van der Waals surface area contributed by atoms with Crippen molar-refractivity contribution >= 4 is 17.5 Å². The second kappa shape index (κ2) is 6.32. The maximum absolute atomic E-state index is 12.4. The van der Waals surface area contributed by atoms with Crippen molar-refractivity contribution in [2.24, 2.45) is 0 Å². The number of nitrogens with zero attached hydrogens (tertiary/aromatic N) is 1. The molecule has 116 valence electrons. The van der Waals surface area contributed by atoms with Gasteiger partial charge in [-0.25, -0.2) is 4.98 Å². The Balaban J connectivity index is 2.17. The van der Waals surface area contributed by atoms with Gasteiger partial charge in [0.05, 0.1) is 12.1 Å². The standard InChI is InChI=1S/C16H23ClN2O2/c1-16(2,3)13-8-10(9-14(17)19-13)15(21)18-11-6-4-5-7-12(11)20/h8-9,11-12,20H,4-7H2,1-3H3,(H,18,21). The summed E-state index contributed by atoms with van der Waals surface area (Å²) in [4.78, 5) is 16.7. The Kier molecular flexibility index (Phi) is 4.89. The van der Waals surface area contributed by atoms with Crippen molar-refractivity contribution in [1.29, 1.82) is 0 Å². The fourth-order valence-electron chi connectivity index (χ4n) is 2.54. The van der Waals surface area contributed by atoms with E-state index in [-0.39, 0.29) is 17.4 Å². The molecule has 1 fully saturated rings. The Hall–Kier alpha value is -1.13. The number of aromatic nitrogens is 1. The summed E-state index contributed by atoms with van der Waals surface area (Å²) in [6.07, 6.45) is 3.16. The lowest BCUT2D eigenvalue weighted by Crippen LogP contribution is -2.45. The molecule has 0 radical (unpaired) electrons. The Morgan fingerprint density at radius 3 is 2.62 bits per heavy atom. The van der Waals surface area contributed by atoms with Crippen LogP contribution in [0, 0.1) is 0 Å². The number of halogens is 1. The number of carbonyl (C=O) groups is 1. The van der Waals surface area contributed by atoms with Crippen molar-refractivity contribution in [3.63, 3.8) is 0 Å². The fraction of sp³-hybridized carbons (Fsp3) is 0.625. The van der Waals surface area contributed by atoms with E-state index < -0.39 is 6.10 Å². The zero-order chi connectivity index (χ0) is 15.6. The summed E-state index contributed by atoms with van der Waals surface area (Å²) < 4.78 is 0. The number of amides is 1. The summed E-state index contributed by atoms with van der Waals surface area (Å²) in [6.45, 7) is 6.08. The van der Waals surface area contributed by atoms with Crippen molar-refractivity contribution < 1.29 is 9.90 Å². The molecule has 21 heavy (non-hydrogen) atoms. The van der Waals surface area contributed by atoms with Gasteiger partial charge in [0.15, 0.2) is 0 Å². The minimum absolute atomic E-state index is 0.170. The zero-order valence-corrected chi connectivity index (χ0v) is 13.6. The van der Waals surface area contributed by atoms with Crippen LogP contribution in [0.15, 0.2) is 12.1 Å². The van der Waals surface area contributed by atoms with Gasteiger partial charge in [-0.2, -0.15) is 0 Å². The third kappa shape index (κ3) is 4.17. The normalized spacial score (nSPS) is 22.9. The molecule has 2 N–H and O–H groups in total. The van der Waals surface area contributed by atoms with Crippen LogP contribution in [0.3, 0.4) is 0 Å². The zero-order valence-electron chi connectivity index (χ0n) is 12.8. The predicted octanol–water partition coefficient (Wildman–Crippen LogP) is 3.07. The minimum atomic E-state index is -0.456. The van der Waals surface area contributed by atoms with E-state index in [0.29, 0.717) is 10.7 Å². The average Bonchev–Trinajstić information content (AvgIpc) is 2.39. The quantitative estimate of drug-likeness (QED) is 0.825.